The number of nitro groups is 1. The Hall–Kier alpha value is -2.47. The van der Waals surface area contributed by atoms with Gasteiger partial charge in [0.15, 0.2) is 0 Å². The van der Waals surface area contributed by atoms with Crippen molar-refractivity contribution in [2.45, 2.75) is 19.9 Å². The van der Waals surface area contributed by atoms with Crippen LogP contribution in [0.4, 0.5) is 5.69 Å². The number of carbonyl (C=O) groups is 1. The summed E-state index contributed by atoms with van der Waals surface area (Å²) in [6.07, 6.45) is 0.771. The number of rotatable bonds is 6. The van der Waals surface area contributed by atoms with Gasteiger partial charge in [0.05, 0.1) is 22.1 Å². The lowest BCUT2D eigenvalue weighted by atomic mass is 10.1. The number of nitro benzene ring substituents is 1. The Morgan fingerprint density at radius 1 is 1.28 bits per heavy atom. The summed E-state index contributed by atoms with van der Waals surface area (Å²) >= 11 is 2.01. The van der Waals surface area contributed by atoms with Crippen molar-refractivity contribution < 1.29 is 9.72 Å². The lowest BCUT2D eigenvalue weighted by Gasteiger charge is -2.23. The van der Waals surface area contributed by atoms with Crippen molar-refractivity contribution in [3.05, 3.63) is 72.8 Å². The zero-order chi connectivity index (χ0) is 18.4. The quantitative estimate of drug-likeness (QED) is 0.377. The molecule has 0 atom stereocenters. The van der Waals surface area contributed by atoms with E-state index in [-0.39, 0.29) is 11.6 Å². The number of amides is 1. The van der Waals surface area contributed by atoms with E-state index in [9.17, 15) is 14.9 Å². The predicted molar refractivity (Wildman–Crippen MR) is 102 cm³/mol. The van der Waals surface area contributed by atoms with Crippen LogP contribution in [-0.4, -0.2) is 22.3 Å². The van der Waals surface area contributed by atoms with Gasteiger partial charge < -0.3 is 4.90 Å². The van der Waals surface area contributed by atoms with Gasteiger partial charge in [0, 0.05) is 28.8 Å². The lowest BCUT2D eigenvalue weighted by molar-refractivity contribution is -0.384. The number of hydrogen-bond donors (Lipinski definition) is 0. The van der Waals surface area contributed by atoms with Crippen molar-refractivity contribution in [2.24, 2.45) is 0 Å². The third-order valence-corrected chi connectivity index (χ3v) is 4.57. The van der Waals surface area contributed by atoms with Crippen LogP contribution in [-0.2, 0) is 6.54 Å². The molecular formula is C18H16IN3O3. The van der Waals surface area contributed by atoms with Gasteiger partial charge in [-0.25, -0.2) is 0 Å². The Balaban J connectivity index is 2.29. The van der Waals surface area contributed by atoms with Crippen molar-refractivity contribution in [2.75, 3.05) is 6.54 Å². The van der Waals surface area contributed by atoms with Crippen molar-refractivity contribution >= 4 is 34.2 Å². The van der Waals surface area contributed by atoms with Crippen LogP contribution in [0.25, 0.3) is 0 Å². The summed E-state index contributed by atoms with van der Waals surface area (Å²) < 4.78 is 0.675. The molecule has 2 rings (SSSR count). The van der Waals surface area contributed by atoms with E-state index in [0.29, 0.717) is 27.8 Å². The van der Waals surface area contributed by atoms with Crippen molar-refractivity contribution in [3.8, 4) is 6.07 Å². The van der Waals surface area contributed by atoms with E-state index < -0.39 is 4.92 Å². The summed E-state index contributed by atoms with van der Waals surface area (Å²) in [5, 5.41) is 19.8. The molecule has 0 fully saturated rings. The molecule has 0 aliphatic heterocycles. The molecule has 0 aliphatic carbocycles. The highest BCUT2D eigenvalue weighted by molar-refractivity contribution is 14.1. The molecule has 0 spiro atoms. The molecule has 25 heavy (non-hydrogen) atoms. The van der Waals surface area contributed by atoms with Crippen molar-refractivity contribution in [1.29, 1.82) is 5.26 Å². The first-order valence-corrected chi connectivity index (χ1v) is 8.76. The van der Waals surface area contributed by atoms with E-state index in [1.165, 1.54) is 12.1 Å². The molecule has 2 aromatic carbocycles. The standard InChI is InChI=1S/C18H16IN3O3/c1-2-9-21(12-14-5-3-13(11-20)4-6-14)18(23)16-10-15(22(24)25)7-8-17(16)19/h3-8,10H,2,9,12H2,1H3. The predicted octanol–water partition coefficient (Wildman–Crippen LogP) is 4.12. The number of carbonyl (C=O) groups excluding carboxylic acids is 1. The molecule has 6 nitrogen and oxygen atoms in total. The van der Waals surface area contributed by atoms with Gasteiger partial charge in [0.1, 0.15) is 0 Å². The zero-order valence-corrected chi connectivity index (χ0v) is 15.8. The first-order valence-electron chi connectivity index (χ1n) is 7.68. The van der Waals surface area contributed by atoms with Crippen LogP contribution >= 0.6 is 22.6 Å². The SMILES string of the molecule is CCCN(Cc1ccc(C#N)cc1)C(=O)c1cc([N+](=O)[O-])ccc1I. The molecule has 0 aromatic heterocycles. The summed E-state index contributed by atoms with van der Waals surface area (Å²) in [5.41, 5.74) is 1.70. The van der Waals surface area contributed by atoms with Crippen LogP contribution in [0.3, 0.4) is 0 Å². The highest BCUT2D eigenvalue weighted by Gasteiger charge is 2.21. The zero-order valence-electron chi connectivity index (χ0n) is 13.6. The summed E-state index contributed by atoms with van der Waals surface area (Å²) in [4.78, 5) is 25.1. The van der Waals surface area contributed by atoms with Gasteiger partial charge in [-0.05, 0) is 52.8 Å². The topological polar surface area (TPSA) is 87.2 Å². The Kier molecular flexibility index (Phi) is 6.47. The minimum atomic E-state index is -0.502. The van der Waals surface area contributed by atoms with Gasteiger partial charge in [-0.15, -0.1) is 0 Å². The van der Waals surface area contributed by atoms with Crippen LogP contribution in [0.2, 0.25) is 0 Å². The maximum atomic E-state index is 12.9. The molecule has 1 amide bonds. The molecule has 0 N–H and O–H groups in total. The van der Waals surface area contributed by atoms with E-state index in [1.54, 1.807) is 23.1 Å². The largest absolute Gasteiger partial charge is 0.334 e. The van der Waals surface area contributed by atoms with E-state index in [2.05, 4.69) is 6.07 Å². The van der Waals surface area contributed by atoms with E-state index >= 15 is 0 Å². The highest BCUT2D eigenvalue weighted by Crippen LogP contribution is 2.22. The maximum Gasteiger partial charge on any atom is 0.270 e. The van der Waals surface area contributed by atoms with Gasteiger partial charge >= 0.3 is 0 Å². The van der Waals surface area contributed by atoms with Gasteiger partial charge in [-0.1, -0.05) is 19.1 Å². The maximum absolute atomic E-state index is 12.9. The fraction of sp³-hybridized carbons (Fsp3) is 0.222. The molecule has 128 valence electrons. The smallest absolute Gasteiger partial charge is 0.270 e. The fourth-order valence-corrected chi connectivity index (χ4v) is 2.95. The molecule has 0 radical (unpaired) electrons. The second-order valence-corrected chi connectivity index (χ2v) is 6.62. The average molecular weight is 449 g/mol. The Morgan fingerprint density at radius 3 is 2.52 bits per heavy atom. The van der Waals surface area contributed by atoms with Crippen LogP contribution in [0.15, 0.2) is 42.5 Å². The van der Waals surface area contributed by atoms with Gasteiger partial charge in [-0.3, -0.25) is 14.9 Å². The molecule has 7 heteroatoms. The molecule has 0 unspecified atom stereocenters. The minimum Gasteiger partial charge on any atom is -0.334 e. The number of nitriles is 1. The number of non-ortho nitro benzene ring substituents is 1. The van der Waals surface area contributed by atoms with Crippen LogP contribution in [0.5, 0.6) is 0 Å². The molecule has 0 saturated carbocycles. The molecule has 0 saturated heterocycles. The first kappa shape index (κ1) is 18.9. The molecular weight excluding hydrogens is 433 g/mol. The molecule has 2 aromatic rings. The summed E-state index contributed by atoms with van der Waals surface area (Å²) in [6, 6.07) is 13.4. The lowest BCUT2D eigenvalue weighted by Crippen LogP contribution is -2.31. The molecule has 0 heterocycles. The second kappa shape index (κ2) is 8.58. The van der Waals surface area contributed by atoms with E-state index in [4.69, 9.17) is 5.26 Å². The Bertz CT molecular complexity index is 828. The Labute approximate surface area is 159 Å². The summed E-state index contributed by atoms with van der Waals surface area (Å²) in [6.45, 7) is 2.90. The van der Waals surface area contributed by atoms with E-state index in [1.807, 2.05) is 41.6 Å². The average Bonchev–Trinajstić information content (AvgIpc) is 2.61. The normalized spacial score (nSPS) is 10.1. The molecule has 0 bridgehead atoms. The number of nitrogens with zero attached hydrogens (tertiary/aromatic N) is 3. The third-order valence-electron chi connectivity index (χ3n) is 3.63. The number of halogens is 1. The van der Waals surface area contributed by atoms with Gasteiger partial charge in [0.25, 0.3) is 11.6 Å². The van der Waals surface area contributed by atoms with Crippen molar-refractivity contribution in [3.63, 3.8) is 0 Å². The third kappa shape index (κ3) is 4.76. The minimum absolute atomic E-state index is 0.0985. The number of hydrogen-bond acceptors (Lipinski definition) is 4. The van der Waals surface area contributed by atoms with Crippen molar-refractivity contribution in [1.82, 2.24) is 4.90 Å². The highest BCUT2D eigenvalue weighted by atomic mass is 127. The summed E-state index contributed by atoms with van der Waals surface area (Å²) in [5.74, 6) is -0.237. The van der Waals surface area contributed by atoms with Gasteiger partial charge in [-0.2, -0.15) is 5.26 Å². The van der Waals surface area contributed by atoms with Crippen LogP contribution < -0.4 is 0 Å². The monoisotopic (exact) mass is 449 g/mol. The fourth-order valence-electron chi connectivity index (χ4n) is 2.39. The van der Waals surface area contributed by atoms with E-state index in [0.717, 1.165) is 12.0 Å². The Morgan fingerprint density at radius 2 is 1.96 bits per heavy atom. The van der Waals surface area contributed by atoms with Crippen LogP contribution in [0, 0.1) is 25.0 Å². The second-order valence-electron chi connectivity index (χ2n) is 5.46. The van der Waals surface area contributed by atoms with Gasteiger partial charge in [0.2, 0.25) is 0 Å². The first-order chi connectivity index (χ1) is 12.0. The molecule has 0 aliphatic rings. The van der Waals surface area contributed by atoms with Crippen LogP contribution in [0.1, 0.15) is 34.8 Å². The summed E-state index contributed by atoms with van der Waals surface area (Å²) in [7, 11) is 0. The number of benzene rings is 2.